The van der Waals surface area contributed by atoms with Gasteiger partial charge in [0.1, 0.15) is 0 Å². The van der Waals surface area contributed by atoms with Crippen molar-refractivity contribution in [1.29, 1.82) is 0 Å². The van der Waals surface area contributed by atoms with E-state index in [9.17, 15) is 4.79 Å². The van der Waals surface area contributed by atoms with Crippen molar-refractivity contribution in [3.63, 3.8) is 0 Å². The molecule has 5 nitrogen and oxygen atoms in total. The van der Waals surface area contributed by atoms with Gasteiger partial charge in [0.05, 0.1) is 6.20 Å². The first-order valence-corrected chi connectivity index (χ1v) is 6.72. The van der Waals surface area contributed by atoms with Crippen LogP contribution in [0.2, 0.25) is 0 Å². The lowest BCUT2D eigenvalue weighted by Crippen LogP contribution is -2.29. The quantitative estimate of drug-likeness (QED) is 0.733. The second-order valence-electron chi connectivity index (χ2n) is 5.03. The third-order valence-electron chi connectivity index (χ3n) is 3.65. The Morgan fingerprint density at radius 2 is 2.28 bits per heavy atom. The zero-order chi connectivity index (χ0) is 12.8. The molecule has 1 fully saturated rings. The molecule has 0 bridgehead atoms. The Morgan fingerprint density at radius 3 is 2.94 bits per heavy atom. The fraction of sp³-hybridized carbons (Fsp3) is 0.692. The summed E-state index contributed by atoms with van der Waals surface area (Å²) in [5.41, 5.74) is 2.08. The van der Waals surface area contributed by atoms with Crippen LogP contribution >= 0.6 is 0 Å². The van der Waals surface area contributed by atoms with Crippen molar-refractivity contribution in [3.05, 3.63) is 17.5 Å². The van der Waals surface area contributed by atoms with Gasteiger partial charge in [-0.3, -0.25) is 9.89 Å². The number of H-pyrrole nitrogens is 1. The number of hydrogen-bond acceptors (Lipinski definition) is 3. The van der Waals surface area contributed by atoms with Crippen LogP contribution in [0.15, 0.2) is 6.20 Å². The molecule has 18 heavy (non-hydrogen) atoms. The topological polar surface area (TPSA) is 69.8 Å². The molecule has 0 unspecified atom stereocenters. The monoisotopic (exact) mass is 250 g/mol. The zero-order valence-electron chi connectivity index (χ0n) is 11.0. The van der Waals surface area contributed by atoms with E-state index >= 15 is 0 Å². The van der Waals surface area contributed by atoms with Gasteiger partial charge in [-0.15, -0.1) is 0 Å². The highest BCUT2D eigenvalue weighted by Crippen LogP contribution is 2.17. The predicted molar refractivity (Wildman–Crippen MR) is 70.0 cm³/mol. The number of hydrogen-bond donors (Lipinski definition) is 3. The summed E-state index contributed by atoms with van der Waals surface area (Å²) in [6.45, 7) is 4.73. The number of amides is 1. The molecule has 1 amide bonds. The van der Waals surface area contributed by atoms with Gasteiger partial charge >= 0.3 is 0 Å². The number of aromatic amines is 1. The number of carbonyl (C=O) groups is 1. The average Bonchev–Trinajstić information content (AvgIpc) is 2.81. The first-order chi connectivity index (χ1) is 8.75. The summed E-state index contributed by atoms with van der Waals surface area (Å²) >= 11 is 0. The number of aromatic nitrogens is 2. The highest BCUT2D eigenvalue weighted by molar-refractivity contribution is 5.75. The van der Waals surface area contributed by atoms with Crippen LogP contribution in [0.4, 0.5) is 0 Å². The SMILES string of the molecule is Cc1[nH]ncc1CNC(=O)CCC1CCNCC1. The van der Waals surface area contributed by atoms with Gasteiger partial charge in [-0.25, -0.2) is 0 Å². The zero-order valence-corrected chi connectivity index (χ0v) is 11.0. The maximum absolute atomic E-state index is 11.7. The largest absolute Gasteiger partial charge is 0.352 e. The molecule has 0 spiro atoms. The first kappa shape index (κ1) is 13.1. The van der Waals surface area contributed by atoms with Crippen LogP contribution < -0.4 is 10.6 Å². The van der Waals surface area contributed by atoms with E-state index in [1.54, 1.807) is 6.20 Å². The summed E-state index contributed by atoms with van der Waals surface area (Å²) in [5.74, 6) is 0.863. The molecule has 0 aliphatic carbocycles. The summed E-state index contributed by atoms with van der Waals surface area (Å²) in [4.78, 5) is 11.7. The molecule has 1 aliphatic rings. The Morgan fingerprint density at radius 1 is 1.50 bits per heavy atom. The van der Waals surface area contributed by atoms with Gasteiger partial charge in [0.25, 0.3) is 0 Å². The lowest BCUT2D eigenvalue weighted by atomic mass is 9.93. The second-order valence-corrected chi connectivity index (χ2v) is 5.03. The van der Waals surface area contributed by atoms with Gasteiger partial charge < -0.3 is 10.6 Å². The summed E-state index contributed by atoms with van der Waals surface area (Å²) in [6, 6.07) is 0. The molecule has 0 radical (unpaired) electrons. The second kappa shape index (κ2) is 6.54. The Balaban J connectivity index is 1.64. The third kappa shape index (κ3) is 3.84. The fourth-order valence-electron chi connectivity index (χ4n) is 2.34. The normalized spacial score (nSPS) is 16.7. The molecule has 0 aromatic carbocycles. The Labute approximate surface area is 108 Å². The van der Waals surface area contributed by atoms with E-state index in [-0.39, 0.29) is 5.91 Å². The van der Waals surface area contributed by atoms with E-state index in [0.29, 0.717) is 18.9 Å². The molecular weight excluding hydrogens is 228 g/mol. The first-order valence-electron chi connectivity index (χ1n) is 6.72. The number of rotatable bonds is 5. The van der Waals surface area contributed by atoms with E-state index in [4.69, 9.17) is 0 Å². The molecule has 1 aromatic rings. The minimum absolute atomic E-state index is 0.147. The van der Waals surface area contributed by atoms with Crippen LogP contribution in [-0.2, 0) is 11.3 Å². The standard InChI is InChI=1S/C13H22N4O/c1-10-12(9-16-17-10)8-15-13(18)3-2-11-4-6-14-7-5-11/h9,11,14H,2-8H2,1H3,(H,15,18)(H,16,17). The third-order valence-corrected chi connectivity index (χ3v) is 3.65. The minimum Gasteiger partial charge on any atom is -0.352 e. The van der Waals surface area contributed by atoms with Crippen molar-refractivity contribution in [2.24, 2.45) is 5.92 Å². The highest BCUT2D eigenvalue weighted by atomic mass is 16.1. The Hall–Kier alpha value is -1.36. The van der Waals surface area contributed by atoms with E-state index in [0.717, 1.165) is 30.8 Å². The fourth-order valence-corrected chi connectivity index (χ4v) is 2.34. The number of carbonyl (C=O) groups excluding carboxylic acids is 1. The lowest BCUT2D eigenvalue weighted by molar-refractivity contribution is -0.121. The van der Waals surface area contributed by atoms with Gasteiger partial charge in [-0.2, -0.15) is 5.10 Å². The van der Waals surface area contributed by atoms with E-state index < -0.39 is 0 Å². The Kier molecular flexibility index (Phi) is 4.75. The summed E-state index contributed by atoms with van der Waals surface area (Å²) in [6.07, 6.45) is 5.82. The predicted octanol–water partition coefficient (Wildman–Crippen LogP) is 1.11. The molecule has 0 saturated carbocycles. The smallest absolute Gasteiger partial charge is 0.220 e. The van der Waals surface area contributed by atoms with Crippen LogP contribution in [0.3, 0.4) is 0 Å². The van der Waals surface area contributed by atoms with Crippen molar-refractivity contribution in [1.82, 2.24) is 20.8 Å². The maximum atomic E-state index is 11.7. The van der Waals surface area contributed by atoms with Crippen LogP contribution in [0.25, 0.3) is 0 Å². The molecule has 1 aliphatic heterocycles. The van der Waals surface area contributed by atoms with Gasteiger partial charge in [0, 0.05) is 24.2 Å². The number of nitrogens with zero attached hydrogens (tertiary/aromatic N) is 1. The van der Waals surface area contributed by atoms with Crippen LogP contribution in [0, 0.1) is 12.8 Å². The molecule has 2 rings (SSSR count). The van der Waals surface area contributed by atoms with Crippen LogP contribution in [0.5, 0.6) is 0 Å². The van der Waals surface area contributed by atoms with Crippen molar-refractivity contribution in [2.75, 3.05) is 13.1 Å². The summed E-state index contributed by atoms with van der Waals surface area (Å²) in [7, 11) is 0. The minimum atomic E-state index is 0.147. The number of piperidine rings is 1. The molecular formula is C13H22N4O. The number of nitrogens with one attached hydrogen (secondary N) is 3. The molecule has 2 heterocycles. The van der Waals surface area contributed by atoms with Crippen LogP contribution in [0.1, 0.15) is 36.9 Å². The van der Waals surface area contributed by atoms with Crippen molar-refractivity contribution >= 4 is 5.91 Å². The average molecular weight is 250 g/mol. The highest BCUT2D eigenvalue weighted by Gasteiger charge is 2.14. The van der Waals surface area contributed by atoms with Crippen molar-refractivity contribution in [3.8, 4) is 0 Å². The van der Waals surface area contributed by atoms with Crippen molar-refractivity contribution in [2.45, 2.75) is 39.2 Å². The number of aryl methyl sites for hydroxylation is 1. The van der Waals surface area contributed by atoms with Crippen molar-refractivity contribution < 1.29 is 4.79 Å². The molecule has 1 saturated heterocycles. The van der Waals surface area contributed by atoms with Crippen LogP contribution in [-0.4, -0.2) is 29.2 Å². The maximum Gasteiger partial charge on any atom is 0.220 e. The molecule has 1 aromatic heterocycles. The molecule has 5 heteroatoms. The van der Waals surface area contributed by atoms with Gasteiger partial charge in [0.2, 0.25) is 5.91 Å². The summed E-state index contributed by atoms with van der Waals surface area (Å²) < 4.78 is 0. The molecule has 0 atom stereocenters. The molecule has 3 N–H and O–H groups in total. The lowest BCUT2D eigenvalue weighted by Gasteiger charge is -2.22. The summed E-state index contributed by atoms with van der Waals surface area (Å²) in [5, 5.41) is 13.1. The van der Waals surface area contributed by atoms with E-state index in [1.807, 2.05) is 6.92 Å². The van der Waals surface area contributed by atoms with E-state index in [1.165, 1.54) is 12.8 Å². The van der Waals surface area contributed by atoms with Gasteiger partial charge in [-0.05, 0) is 45.2 Å². The van der Waals surface area contributed by atoms with Gasteiger partial charge in [0.15, 0.2) is 0 Å². The van der Waals surface area contributed by atoms with Gasteiger partial charge in [-0.1, -0.05) is 0 Å². The Bertz CT molecular complexity index is 382. The van der Waals surface area contributed by atoms with E-state index in [2.05, 4.69) is 20.8 Å². The molecule has 100 valence electrons.